The molecule has 2 heteroatoms. The monoisotopic (exact) mass is 248 g/mol. The zero-order chi connectivity index (χ0) is 13.4. The van der Waals surface area contributed by atoms with E-state index in [-0.39, 0.29) is 0 Å². The molecule has 1 unspecified atom stereocenters. The van der Waals surface area contributed by atoms with Crippen LogP contribution in [0.15, 0.2) is 30.3 Å². The first-order valence-corrected chi connectivity index (χ1v) is 7.11. The summed E-state index contributed by atoms with van der Waals surface area (Å²) in [6, 6.07) is 11.3. The fraction of sp³-hybridized carbons (Fsp3) is 0.625. The molecule has 0 spiro atoms. The van der Waals surface area contributed by atoms with E-state index in [1.54, 1.807) is 0 Å². The molecular formula is C16H28N2. The summed E-state index contributed by atoms with van der Waals surface area (Å²) in [7, 11) is 2.22. The lowest BCUT2D eigenvalue weighted by Gasteiger charge is -2.29. The second-order valence-corrected chi connectivity index (χ2v) is 5.46. The van der Waals surface area contributed by atoms with Gasteiger partial charge in [-0.05, 0) is 38.0 Å². The van der Waals surface area contributed by atoms with Crippen molar-refractivity contribution >= 4 is 0 Å². The molecule has 0 radical (unpaired) electrons. The third kappa shape index (κ3) is 5.19. The van der Waals surface area contributed by atoms with Crippen molar-refractivity contribution in [2.24, 2.45) is 5.92 Å². The highest BCUT2D eigenvalue weighted by atomic mass is 15.1. The molecule has 0 aliphatic carbocycles. The van der Waals surface area contributed by atoms with E-state index in [0.29, 0.717) is 12.0 Å². The van der Waals surface area contributed by atoms with Gasteiger partial charge in [-0.3, -0.25) is 4.90 Å². The van der Waals surface area contributed by atoms with Crippen LogP contribution in [0.25, 0.3) is 0 Å². The molecule has 0 heterocycles. The van der Waals surface area contributed by atoms with Gasteiger partial charge in [0.2, 0.25) is 0 Å². The largest absolute Gasteiger partial charge is 0.315 e. The van der Waals surface area contributed by atoms with E-state index in [4.69, 9.17) is 0 Å². The topological polar surface area (TPSA) is 15.3 Å². The molecule has 102 valence electrons. The van der Waals surface area contributed by atoms with Crippen molar-refractivity contribution < 1.29 is 0 Å². The van der Waals surface area contributed by atoms with Crippen molar-refractivity contribution in [3.8, 4) is 0 Å². The summed E-state index contributed by atoms with van der Waals surface area (Å²) in [6.45, 7) is 9.99. The Hall–Kier alpha value is -0.860. The van der Waals surface area contributed by atoms with Crippen molar-refractivity contribution in [3.63, 3.8) is 0 Å². The Morgan fingerprint density at radius 1 is 1.11 bits per heavy atom. The average Bonchev–Trinajstić information content (AvgIpc) is 2.35. The number of benzene rings is 1. The van der Waals surface area contributed by atoms with Gasteiger partial charge >= 0.3 is 0 Å². The summed E-state index contributed by atoms with van der Waals surface area (Å²) in [5, 5.41) is 3.58. The van der Waals surface area contributed by atoms with Gasteiger partial charge in [-0.1, -0.05) is 51.1 Å². The number of hydrogen-bond donors (Lipinski definition) is 1. The molecule has 0 aromatic heterocycles. The SMILES string of the molecule is CCCN(C)C(CNCC(C)C)c1ccccc1. The lowest BCUT2D eigenvalue weighted by molar-refractivity contribution is 0.236. The van der Waals surface area contributed by atoms with Crippen LogP contribution < -0.4 is 5.32 Å². The Balaban J connectivity index is 2.63. The van der Waals surface area contributed by atoms with Crippen LogP contribution in [0.5, 0.6) is 0 Å². The lowest BCUT2D eigenvalue weighted by atomic mass is 10.1. The fourth-order valence-electron chi connectivity index (χ4n) is 2.22. The minimum Gasteiger partial charge on any atom is -0.315 e. The van der Waals surface area contributed by atoms with Crippen LogP contribution in [0.3, 0.4) is 0 Å². The van der Waals surface area contributed by atoms with Gasteiger partial charge in [0.25, 0.3) is 0 Å². The van der Waals surface area contributed by atoms with Gasteiger partial charge in [0.05, 0.1) is 0 Å². The van der Waals surface area contributed by atoms with Gasteiger partial charge in [-0.2, -0.15) is 0 Å². The van der Waals surface area contributed by atoms with E-state index in [1.807, 2.05) is 0 Å². The Bertz CT molecular complexity index is 308. The molecule has 0 fully saturated rings. The van der Waals surface area contributed by atoms with Gasteiger partial charge in [-0.15, -0.1) is 0 Å². The maximum atomic E-state index is 3.58. The van der Waals surface area contributed by atoms with Crippen molar-refractivity contribution in [2.45, 2.75) is 33.2 Å². The second-order valence-electron chi connectivity index (χ2n) is 5.46. The highest BCUT2D eigenvalue weighted by molar-refractivity contribution is 5.19. The Morgan fingerprint density at radius 2 is 1.78 bits per heavy atom. The standard InChI is InChI=1S/C16H28N2/c1-5-11-18(4)16(13-17-12-14(2)3)15-9-7-6-8-10-15/h6-10,14,16-17H,5,11-13H2,1-4H3. The van der Waals surface area contributed by atoms with Crippen molar-refractivity contribution in [1.29, 1.82) is 0 Å². The third-order valence-electron chi connectivity index (χ3n) is 3.18. The molecule has 18 heavy (non-hydrogen) atoms. The fourth-order valence-corrected chi connectivity index (χ4v) is 2.22. The van der Waals surface area contributed by atoms with Crippen LogP contribution in [-0.2, 0) is 0 Å². The number of rotatable bonds is 8. The van der Waals surface area contributed by atoms with Crippen LogP contribution in [-0.4, -0.2) is 31.6 Å². The Kier molecular flexibility index (Phi) is 6.99. The molecule has 0 saturated carbocycles. The highest BCUT2D eigenvalue weighted by Crippen LogP contribution is 2.18. The normalized spacial score (nSPS) is 13.2. The quantitative estimate of drug-likeness (QED) is 0.759. The molecule has 0 saturated heterocycles. The van der Waals surface area contributed by atoms with Gasteiger partial charge in [0, 0.05) is 12.6 Å². The summed E-state index contributed by atoms with van der Waals surface area (Å²) < 4.78 is 0. The third-order valence-corrected chi connectivity index (χ3v) is 3.18. The second kappa shape index (κ2) is 8.28. The highest BCUT2D eigenvalue weighted by Gasteiger charge is 2.15. The molecule has 0 bridgehead atoms. The molecule has 0 amide bonds. The lowest BCUT2D eigenvalue weighted by Crippen LogP contribution is -2.35. The first kappa shape index (κ1) is 15.2. The molecule has 1 rings (SSSR count). The summed E-state index contributed by atoms with van der Waals surface area (Å²) in [5.41, 5.74) is 1.41. The molecule has 0 aliphatic heterocycles. The number of likely N-dealkylation sites (N-methyl/N-ethyl adjacent to an activating group) is 1. The van der Waals surface area contributed by atoms with Crippen LogP contribution in [0.2, 0.25) is 0 Å². The zero-order valence-electron chi connectivity index (χ0n) is 12.3. The number of hydrogen-bond acceptors (Lipinski definition) is 2. The smallest absolute Gasteiger partial charge is 0.0469 e. The van der Waals surface area contributed by atoms with E-state index in [0.717, 1.165) is 19.6 Å². The van der Waals surface area contributed by atoms with Gasteiger partial charge in [0.1, 0.15) is 0 Å². The molecule has 1 aromatic carbocycles. The molecular weight excluding hydrogens is 220 g/mol. The van der Waals surface area contributed by atoms with E-state index >= 15 is 0 Å². The number of nitrogens with one attached hydrogen (secondary N) is 1. The van der Waals surface area contributed by atoms with E-state index in [1.165, 1.54) is 12.0 Å². The van der Waals surface area contributed by atoms with Gasteiger partial charge in [0.15, 0.2) is 0 Å². The van der Waals surface area contributed by atoms with Gasteiger partial charge < -0.3 is 5.32 Å². The van der Waals surface area contributed by atoms with E-state index < -0.39 is 0 Å². The van der Waals surface area contributed by atoms with Crippen LogP contribution in [0.1, 0.15) is 38.8 Å². The van der Waals surface area contributed by atoms with Crippen molar-refractivity contribution in [2.75, 3.05) is 26.7 Å². The van der Waals surface area contributed by atoms with Crippen molar-refractivity contribution in [1.82, 2.24) is 10.2 Å². The summed E-state index contributed by atoms with van der Waals surface area (Å²) in [6.07, 6.45) is 1.20. The number of nitrogens with zero attached hydrogens (tertiary/aromatic N) is 1. The maximum absolute atomic E-state index is 3.58. The van der Waals surface area contributed by atoms with Crippen molar-refractivity contribution in [3.05, 3.63) is 35.9 Å². The Morgan fingerprint density at radius 3 is 2.33 bits per heavy atom. The minimum atomic E-state index is 0.477. The zero-order valence-corrected chi connectivity index (χ0v) is 12.3. The van der Waals surface area contributed by atoms with E-state index in [2.05, 4.69) is 68.4 Å². The summed E-state index contributed by atoms with van der Waals surface area (Å²) >= 11 is 0. The Labute approximate surface area is 112 Å². The predicted molar refractivity (Wildman–Crippen MR) is 79.8 cm³/mol. The molecule has 2 nitrogen and oxygen atoms in total. The molecule has 1 atom stereocenters. The predicted octanol–water partition coefficient (Wildman–Crippen LogP) is 3.32. The van der Waals surface area contributed by atoms with Crippen LogP contribution in [0, 0.1) is 5.92 Å². The minimum absolute atomic E-state index is 0.477. The van der Waals surface area contributed by atoms with E-state index in [9.17, 15) is 0 Å². The summed E-state index contributed by atoms with van der Waals surface area (Å²) in [5.74, 6) is 0.706. The first-order valence-electron chi connectivity index (χ1n) is 7.11. The average molecular weight is 248 g/mol. The molecule has 1 N–H and O–H groups in total. The first-order chi connectivity index (χ1) is 8.65. The van der Waals surface area contributed by atoms with Gasteiger partial charge in [-0.25, -0.2) is 0 Å². The summed E-state index contributed by atoms with van der Waals surface area (Å²) in [4.78, 5) is 2.45. The van der Waals surface area contributed by atoms with Crippen LogP contribution >= 0.6 is 0 Å². The molecule has 0 aliphatic rings. The van der Waals surface area contributed by atoms with Crippen LogP contribution in [0.4, 0.5) is 0 Å². The molecule has 1 aromatic rings. The maximum Gasteiger partial charge on any atom is 0.0469 e.